The van der Waals surface area contributed by atoms with Gasteiger partial charge < -0.3 is 15.8 Å². The number of anilines is 1. The molecular formula is C26H23F2N5O. The van der Waals surface area contributed by atoms with Crippen LogP contribution in [0.1, 0.15) is 18.5 Å². The minimum absolute atomic E-state index is 0.134. The van der Waals surface area contributed by atoms with Crippen molar-refractivity contribution in [3.05, 3.63) is 78.1 Å². The van der Waals surface area contributed by atoms with Crippen LogP contribution < -0.4 is 10.6 Å². The maximum atomic E-state index is 14.1. The fraction of sp³-hybridized carbons (Fsp3) is 0.192. The number of pyridine rings is 2. The molecule has 2 aromatic heterocycles. The molecule has 8 heteroatoms. The molecule has 0 aliphatic carbocycles. The van der Waals surface area contributed by atoms with Gasteiger partial charge in [-0.2, -0.15) is 0 Å². The second-order valence-electron chi connectivity index (χ2n) is 8.43. The van der Waals surface area contributed by atoms with E-state index >= 15 is 0 Å². The number of halogens is 2. The molecule has 1 aliphatic rings. The van der Waals surface area contributed by atoms with Crippen molar-refractivity contribution in [3.8, 4) is 22.4 Å². The van der Waals surface area contributed by atoms with Gasteiger partial charge in [0.2, 0.25) is 0 Å². The molecule has 5 rings (SSSR count). The molecule has 0 bridgehead atoms. The Bertz CT molecular complexity index is 1360. The zero-order valence-electron chi connectivity index (χ0n) is 18.3. The molecule has 4 aromatic rings. The fourth-order valence-electron chi connectivity index (χ4n) is 4.47. The van der Waals surface area contributed by atoms with Gasteiger partial charge >= 0.3 is 0 Å². The number of fused-ring (bicyclic) bond motifs is 1. The van der Waals surface area contributed by atoms with Crippen LogP contribution in [0.4, 0.5) is 14.5 Å². The number of hydrogen-bond donors (Lipinski definition) is 2. The first-order valence-corrected chi connectivity index (χ1v) is 11.1. The van der Waals surface area contributed by atoms with Crippen LogP contribution in [-0.2, 0) is 0 Å². The average Bonchev–Trinajstić information content (AvgIpc) is 2.83. The molecule has 2 aromatic carbocycles. The van der Waals surface area contributed by atoms with Crippen LogP contribution in [-0.4, -0.2) is 40.5 Å². The molecule has 0 atom stereocenters. The third-order valence-electron chi connectivity index (χ3n) is 6.13. The highest BCUT2D eigenvalue weighted by Crippen LogP contribution is 2.39. The molecule has 0 saturated carbocycles. The monoisotopic (exact) mass is 459 g/mol. The Morgan fingerprint density at radius 2 is 1.76 bits per heavy atom. The smallest absolute Gasteiger partial charge is 0.126 e. The van der Waals surface area contributed by atoms with Gasteiger partial charge in [-0.15, -0.1) is 0 Å². The van der Waals surface area contributed by atoms with Crippen molar-refractivity contribution in [2.45, 2.75) is 18.9 Å². The van der Waals surface area contributed by atoms with Crippen molar-refractivity contribution in [2.24, 2.45) is 10.9 Å². The van der Waals surface area contributed by atoms with E-state index in [4.69, 9.17) is 10.9 Å². The summed E-state index contributed by atoms with van der Waals surface area (Å²) in [6.07, 6.45) is 4.59. The number of benzene rings is 2. The summed E-state index contributed by atoms with van der Waals surface area (Å²) in [4.78, 5) is 11.4. The molecule has 0 amide bonds. The van der Waals surface area contributed by atoms with Crippen molar-refractivity contribution in [1.29, 1.82) is 0 Å². The van der Waals surface area contributed by atoms with E-state index in [0.29, 0.717) is 22.5 Å². The van der Waals surface area contributed by atoms with Crippen molar-refractivity contribution in [1.82, 2.24) is 9.97 Å². The summed E-state index contributed by atoms with van der Waals surface area (Å²) in [6.45, 7) is 1.46. The highest BCUT2D eigenvalue weighted by molar-refractivity contribution is 6.01. The molecular weight excluding hydrogens is 436 g/mol. The molecule has 3 heterocycles. The molecule has 1 saturated heterocycles. The molecule has 1 aliphatic heterocycles. The van der Waals surface area contributed by atoms with Gasteiger partial charge in [-0.25, -0.2) is 13.8 Å². The lowest BCUT2D eigenvalue weighted by Crippen LogP contribution is -2.40. The van der Waals surface area contributed by atoms with E-state index in [1.807, 2.05) is 30.3 Å². The minimum atomic E-state index is -0.637. The SMILES string of the molecule is NC1CCN(c2c(-c3cc(F)cc(F)c3)cnc3ccc(-c4cccc(/C=N/O)n4)cc23)CC1. The van der Waals surface area contributed by atoms with Crippen molar-refractivity contribution in [3.63, 3.8) is 0 Å². The van der Waals surface area contributed by atoms with Crippen molar-refractivity contribution >= 4 is 22.8 Å². The summed E-state index contributed by atoms with van der Waals surface area (Å²) >= 11 is 0. The number of aromatic nitrogens is 2. The maximum absolute atomic E-state index is 14.1. The van der Waals surface area contributed by atoms with Gasteiger partial charge in [0.25, 0.3) is 0 Å². The number of hydrogen-bond acceptors (Lipinski definition) is 6. The zero-order valence-corrected chi connectivity index (χ0v) is 18.3. The number of rotatable bonds is 4. The maximum Gasteiger partial charge on any atom is 0.126 e. The van der Waals surface area contributed by atoms with Gasteiger partial charge in [0.1, 0.15) is 11.6 Å². The second kappa shape index (κ2) is 9.15. The Balaban J connectivity index is 1.72. The average molecular weight is 460 g/mol. The number of piperidine rings is 1. The minimum Gasteiger partial charge on any atom is -0.411 e. The van der Waals surface area contributed by atoms with Crippen LogP contribution in [0.15, 0.2) is 65.9 Å². The molecule has 34 heavy (non-hydrogen) atoms. The third-order valence-corrected chi connectivity index (χ3v) is 6.13. The lowest BCUT2D eigenvalue weighted by molar-refractivity contribution is 0.321. The Morgan fingerprint density at radius 3 is 2.50 bits per heavy atom. The van der Waals surface area contributed by atoms with E-state index in [2.05, 4.69) is 20.0 Å². The van der Waals surface area contributed by atoms with Crippen LogP contribution in [0.25, 0.3) is 33.3 Å². The molecule has 0 spiro atoms. The topological polar surface area (TPSA) is 87.6 Å². The van der Waals surface area contributed by atoms with Crippen LogP contribution >= 0.6 is 0 Å². The summed E-state index contributed by atoms with van der Waals surface area (Å²) in [6, 6.07) is 14.9. The first-order chi connectivity index (χ1) is 16.5. The molecule has 0 radical (unpaired) electrons. The second-order valence-corrected chi connectivity index (χ2v) is 8.43. The van der Waals surface area contributed by atoms with Crippen LogP contribution in [0.5, 0.6) is 0 Å². The molecule has 3 N–H and O–H groups in total. The summed E-state index contributed by atoms with van der Waals surface area (Å²) < 4.78 is 28.2. The van der Waals surface area contributed by atoms with E-state index in [-0.39, 0.29) is 6.04 Å². The van der Waals surface area contributed by atoms with Gasteiger partial charge in [0.15, 0.2) is 0 Å². The van der Waals surface area contributed by atoms with Crippen molar-refractivity contribution in [2.75, 3.05) is 18.0 Å². The Kier molecular flexibility index (Phi) is 5.90. The normalized spacial score (nSPS) is 14.9. The first kappa shape index (κ1) is 21.9. The third kappa shape index (κ3) is 4.32. The highest BCUT2D eigenvalue weighted by atomic mass is 19.1. The van der Waals surface area contributed by atoms with E-state index < -0.39 is 11.6 Å². The Labute approximate surface area is 195 Å². The van der Waals surface area contributed by atoms with Gasteiger partial charge in [-0.3, -0.25) is 4.98 Å². The fourth-order valence-corrected chi connectivity index (χ4v) is 4.47. The van der Waals surface area contributed by atoms with Gasteiger partial charge in [0, 0.05) is 47.9 Å². The predicted octanol–water partition coefficient (Wildman–Crippen LogP) is 4.98. The number of nitrogens with two attached hydrogens (primary N) is 1. The zero-order chi connectivity index (χ0) is 23.7. The highest BCUT2D eigenvalue weighted by Gasteiger charge is 2.23. The van der Waals surface area contributed by atoms with Crippen molar-refractivity contribution < 1.29 is 14.0 Å². The van der Waals surface area contributed by atoms with Crippen LogP contribution in [0.2, 0.25) is 0 Å². The summed E-state index contributed by atoms with van der Waals surface area (Å²) in [5.74, 6) is -1.27. The summed E-state index contributed by atoms with van der Waals surface area (Å²) in [7, 11) is 0. The predicted molar refractivity (Wildman–Crippen MR) is 129 cm³/mol. The first-order valence-electron chi connectivity index (χ1n) is 11.1. The largest absolute Gasteiger partial charge is 0.411 e. The van der Waals surface area contributed by atoms with Gasteiger partial charge in [0.05, 0.1) is 28.8 Å². The van der Waals surface area contributed by atoms with E-state index in [9.17, 15) is 8.78 Å². The number of nitrogens with zero attached hydrogens (tertiary/aromatic N) is 4. The van der Waals surface area contributed by atoms with E-state index in [1.165, 1.54) is 18.3 Å². The van der Waals surface area contributed by atoms with E-state index in [1.54, 1.807) is 12.3 Å². The van der Waals surface area contributed by atoms with E-state index in [0.717, 1.165) is 54.2 Å². The van der Waals surface area contributed by atoms with Crippen LogP contribution in [0.3, 0.4) is 0 Å². The summed E-state index contributed by atoms with van der Waals surface area (Å²) in [5.41, 5.74) is 10.9. The van der Waals surface area contributed by atoms with Crippen LogP contribution in [0, 0.1) is 11.6 Å². The van der Waals surface area contributed by atoms with Gasteiger partial charge in [-0.1, -0.05) is 17.3 Å². The standard InChI is InChI=1S/C26H23F2N5O/c27-18-10-17(11-19(28)13-18)23-15-30-25-5-4-16(24-3-1-2-21(32-24)14-31-34)12-22(25)26(23)33-8-6-20(29)7-9-33/h1-5,10-15,20,34H,6-9,29H2/b31-14+. The number of oxime groups is 1. The van der Waals surface area contributed by atoms with Gasteiger partial charge in [-0.05, 0) is 54.8 Å². The molecule has 1 fully saturated rings. The lowest BCUT2D eigenvalue weighted by atomic mass is 9.97. The molecule has 0 unspecified atom stereocenters. The molecule has 6 nitrogen and oxygen atoms in total. The lowest BCUT2D eigenvalue weighted by Gasteiger charge is -2.34. The summed E-state index contributed by atoms with van der Waals surface area (Å²) in [5, 5.41) is 12.8. The molecule has 172 valence electrons. The Hall–Kier alpha value is -3.91. The quantitative estimate of drug-likeness (QED) is 0.255. The Morgan fingerprint density at radius 1 is 1.00 bits per heavy atom.